The van der Waals surface area contributed by atoms with Crippen molar-refractivity contribution in [2.45, 2.75) is 19.4 Å². The van der Waals surface area contributed by atoms with E-state index in [0.717, 1.165) is 31.1 Å². The molecule has 0 radical (unpaired) electrons. The minimum Gasteiger partial charge on any atom is -0.478 e. The number of nitrogens with zero attached hydrogens (tertiary/aromatic N) is 2. The fourth-order valence-corrected chi connectivity index (χ4v) is 3.69. The smallest absolute Gasteiger partial charge is 0.328 e. The van der Waals surface area contributed by atoms with E-state index in [1.807, 2.05) is 5.38 Å². The first-order valence-electron chi connectivity index (χ1n) is 7.38. The Morgan fingerprint density at radius 1 is 1.48 bits per heavy atom. The van der Waals surface area contributed by atoms with Crippen LogP contribution in [0.5, 0.6) is 0 Å². The van der Waals surface area contributed by atoms with Crippen LogP contribution in [0.25, 0.3) is 6.08 Å². The predicted octanol–water partition coefficient (Wildman–Crippen LogP) is 2.62. The highest BCUT2D eigenvalue weighted by Gasteiger charge is 2.19. The number of likely N-dealkylation sites (tertiary alicyclic amines) is 1. The number of hydrogen-bond acceptors (Lipinski definition) is 4. The van der Waals surface area contributed by atoms with Crippen molar-refractivity contribution in [1.29, 1.82) is 0 Å². The van der Waals surface area contributed by atoms with Crippen LogP contribution in [0.2, 0.25) is 0 Å². The first-order valence-corrected chi connectivity index (χ1v) is 8.26. The van der Waals surface area contributed by atoms with Gasteiger partial charge in [0, 0.05) is 24.0 Å². The average Bonchev–Trinajstić information content (AvgIpc) is 2.86. The summed E-state index contributed by atoms with van der Waals surface area (Å²) in [7, 11) is 4.29. The lowest BCUT2D eigenvalue weighted by molar-refractivity contribution is -0.131. The topological polar surface area (TPSA) is 43.8 Å². The van der Waals surface area contributed by atoms with Crippen LogP contribution < -0.4 is 0 Å². The maximum Gasteiger partial charge on any atom is 0.328 e. The fraction of sp³-hybridized carbons (Fsp3) is 0.562. The van der Waals surface area contributed by atoms with Gasteiger partial charge in [0.15, 0.2) is 0 Å². The molecular formula is C16H24N2O2S. The molecule has 1 N–H and O–H groups in total. The quantitative estimate of drug-likeness (QED) is 0.821. The Hall–Kier alpha value is -1.17. The Labute approximate surface area is 130 Å². The minimum absolute atomic E-state index is 0.827. The molecule has 1 aromatic heterocycles. The van der Waals surface area contributed by atoms with Gasteiger partial charge in [0.25, 0.3) is 0 Å². The van der Waals surface area contributed by atoms with E-state index in [-0.39, 0.29) is 0 Å². The number of carboxylic acids is 1. The summed E-state index contributed by atoms with van der Waals surface area (Å²) in [6.07, 6.45) is 5.40. The molecule has 1 saturated heterocycles. The Balaban J connectivity index is 1.80. The third-order valence-corrected chi connectivity index (χ3v) is 4.74. The Morgan fingerprint density at radius 2 is 2.19 bits per heavy atom. The van der Waals surface area contributed by atoms with Crippen molar-refractivity contribution in [3.8, 4) is 0 Å². The molecular weight excluding hydrogens is 284 g/mol. The third-order valence-electron chi connectivity index (χ3n) is 3.80. The Morgan fingerprint density at radius 3 is 2.81 bits per heavy atom. The first kappa shape index (κ1) is 16.2. The van der Waals surface area contributed by atoms with E-state index >= 15 is 0 Å². The first-order chi connectivity index (χ1) is 10.0. The highest BCUT2D eigenvalue weighted by atomic mass is 32.1. The van der Waals surface area contributed by atoms with Crippen LogP contribution in [-0.4, -0.2) is 54.6 Å². The fourth-order valence-electron chi connectivity index (χ4n) is 2.80. The van der Waals surface area contributed by atoms with Crippen LogP contribution in [0.1, 0.15) is 23.3 Å². The molecule has 1 aliphatic rings. The van der Waals surface area contributed by atoms with Crippen molar-refractivity contribution in [3.63, 3.8) is 0 Å². The number of carboxylic acid groups (broad SMARTS) is 1. The number of carbonyl (C=O) groups is 1. The molecule has 2 rings (SSSR count). The van der Waals surface area contributed by atoms with Gasteiger partial charge in [-0.3, -0.25) is 4.90 Å². The van der Waals surface area contributed by atoms with Gasteiger partial charge in [-0.1, -0.05) is 0 Å². The second-order valence-electron chi connectivity index (χ2n) is 6.00. The van der Waals surface area contributed by atoms with E-state index in [0.29, 0.717) is 0 Å². The predicted molar refractivity (Wildman–Crippen MR) is 87.5 cm³/mol. The third kappa shape index (κ3) is 5.61. The van der Waals surface area contributed by atoms with E-state index in [1.165, 1.54) is 30.3 Å². The maximum atomic E-state index is 10.5. The molecule has 1 fully saturated rings. The minimum atomic E-state index is -0.897. The van der Waals surface area contributed by atoms with Gasteiger partial charge in [0.05, 0.1) is 0 Å². The van der Waals surface area contributed by atoms with Crippen molar-refractivity contribution in [2.24, 2.45) is 5.92 Å². The van der Waals surface area contributed by atoms with Crippen molar-refractivity contribution in [3.05, 3.63) is 28.0 Å². The molecule has 1 aliphatic heterocycles. The van der Waals surface area contributed by atoms with Gasteiger partial charge < -0.3 is 10.0 Å². The number of thiophene rings is 1. The normalized spacial score (nSPS) is 17.9. The molecule has 2 heterocycles. The zero-order valence-electron chi connectivity index (χ0n) is 12.8. The van der Waals surface area contributed by atoms with Gasteiger partial charge in [0.2, 0.25) is 0 Å². The summed E-state index contributed by atoms with van der Waals surface area (Å²) in [4.78, 5) is 16.6. The molecule has 21 heavy (non-hydrogen) atoms. The average molecular weight is 308 g/mol. The van der Waals surface area contributed by atoms with Crippen LogP contribution in [0.3, 0.4) is 0 Å². The molecule has 0 unspecified atom stereocenters. The van der Waals surface area contributed by atoms with E-state index in [1.54, 1.807) is 17.4 Å². The summed E-state index contributed by atoms with van der Waals surface area (Å²) in [6.45, 7) is 4.50. The van der Waals surface area contributed by atoms with Crippen LogP contribution in [0.4, 0.5) is 0 Å². The second kappa shape index (κ2) is 7.73. The van der Waals surface area contributed by atoms with Crippen molar-refractivity contribution < 1.29 is 9.90 Å². The van der Waals surface area contributed by atoms with E-state index < -0.39 is 5.97 Å². The monoisotopic (exact) mass is 308 g/mol. The zero-order chi connectivity index (χ0) is 15.2. The molecule has 116 valence electrons. The van der Waals surface area contributed by atoms with Crippen LogP contribution in [0.15, 0.2) is 17.5 Å². The van der Waals surface area contributed by atoms with Gasteiger partial charge >= 0.3 is 5.97 Å². The molecule has 0 amide bonds. The lowest BCUT2D eigenvalue weighted by Gasteiger charge is -2.32. The zero-order valence-corrected chi connectivity index (χ0v) is 13.6. The molecule has 4 nitrogen and oxygen atoms in total. The van der Waals surface area contributed by atoms with Gasteiger partial charge in [-0.25, -0.2) is 4.79 Å². The molecule has 0 atom stereocenters. The number of piperidine rings is 1. The molecule has 1 aromatic rings. The highest BCUT2D eigenvalue weighted by molar-refractivity contribution is 7.10. The van der Waals surface area contributed by atoms with Crippen LogP contribution in [-0.2, 0) is 11.3 Å². The number of hydrogen-bond donors (Lipinski definition) is 1. The van der Waals surface area contributed by atoms with E-state index in [2.05, 4.69) is 30.0 Å². The summed E-state index contributed by atoms with van der Waals surface area (Å²) in [5.74, 6) is -0.0700. The lowest BCUT2D eigenvalue weighted by Crippen LogP contribution is -2.36. The Kier molecular flexibility index (Phi) is 5.96. The largest absolute Gasteiger partial charge is 0.478 e. The van der Waals surface area contributed by atoms with E-state index in [4.69, 9.17) is 5.11 Å². The summed E-state index contributed by atoms with van der Waals surface area (Å²) in [6, 6.07) is 2.09. The SMILES string of the molecule is CN(C)CC1CCN(Cc2cc(C=CC(=O)O)cs2)CC1. The van der Waals surface area contributed by atoms with Gasteiger partial charge in [0.1, 0.15) is 0 Å². The second-order valence-corrected chi connectivity index (χ2v) is 7.00. The summed E-state index contributed by atoms with van der Waals surface area (Å²) in [5, 5.41) is 10.7. The molecule has 0 bridgehead atoms. The summed E-state index contributed by atoms with van der Waals surface area (Å²) in [5.41, 5.74) is 0.986. The molecule has 0 spiro atoms. The number of rotatable bonds is 6. The van der Waals surface area contributed by atoms with Gasteiger partial charge in [-0.2, -0.15) is 0 Å². The summed E-state index contributed by atoms with van der Waals surface area (Å²) < 4.78 is 0. The molecule has 5 heteroatoms. The van der Waals surface area contributed by atoms with E-state index in [9.17, 15) is 4.79 Å². The summed E-state index contributed by atoms with van der Waals surface area (Å²) >= 11 is 1.71. The maximum absolute atomic E-state index is 10.5. The lowest BCUT2D eigenvalue weighted by atomic mass is 9.96. The van der Waals surface area contributed by atoms with Gasteiger partial charge in [-0.05, 0) is 69.0 Å². The van der Waals surface area contributed by atoms with Crippen molar-refractivity contribution in [1.82, 2.24) is 9.80 Å². The molecule has 0 aliphatic carbocycles. The Bertz CT molecular complexity index is 488. The van der Waals surface area contributed by atoms with Crippen LogP contribution in [0, 0.1) is 5.92 Å². The van der Waals surface area contributed by atoms with Gasteiger partial charge in [-0.15, -0.1) is 11.3 Å². The molecule has 0 aromatic carbocycles. The van der Waals surface area contributed by atoms with Crippen molar-refractivity contribution in [2.75, 3.05) is 33.7 Å². The standard InChI is InChI=1S/C16H24N2O2S/c1-17(2)10-13-5-7-18(8-6-13)11-15-9-14(12-21-15)3-4-16(19)20/h3-4,9,12-13H,5-8,10-11H2,1-2H3,(H,19,20). The van der Waals surface area contributed by atoms with Crippen LogP contribution >= 0.6 is 11.3 Å². The molecule has 0 saturated carbocycles. The number of aliphatic carboxylic acids is 1. The highest BCUT2D eigenvalue weighted by Crippen LogP contribution is 2.22. The van der Waals surface area contributed by atoms with Crippen molar-refractivity contribution >= 4 is 23.4 Å².